The van der Waals surface area contributed by atoms with Crippen molar-refractivity contribution >= 4 is 17.7 Å². The molecule has 0 aliphatic carbocycles. The molecule has 5 nitrogen and oxygen atoms in total. The highest BCUT2D eigenvalue weighted by Gasteiger charge is 2.15. The summed E-state index contributed by atoms with van der Waals surface area (Å²) in [5.74, 6) is -0.196. The van der Waals surface area contributed by atoms with E-state index in [-0.39, 0.29) is 5.97 Å². The van der Waals surface area contributed by atoms with E-state index in [0.717, 1.165) is 5.56 Å². The topological polar surface area (TPSA) is 64.6 Å². The van der Waals surface area contributed by atoms with Crippen molar-refractivity contribution < 1.29 is 19.1 Å². The number of anilines is 1. The Morgan fingerprint density at radius 1 is 1.14 bits per heavy atom. The lowest BCUT2D eigenvalue weighted by Gasteiger charge is -2.19. The lowest BCUT2D eigenvalue weighted by molar-refractivity contribution is -0.143. The Morgan fingerprint density at radius 3 is 2.29 bits per heavy atom. The number of benzene rings is 1. The predicted molar refractivity (Wildman–Crippen MR) is 81.3 cm³/mol. The molecule has 0 atom stereocenters. The number of rotatable bonds is 5. The first kappa shape index (κ1) is 17.0. The van der Waals surface area contributed by atoms with Crippen molar-refractivity contribution in [2.24, 2.45) is 0 Å². The smallest absolute Gasteiger partial charge is 0.412 e. The van der Waals surface area contributed by atoms with Crippen molar-refractivity contribution in [1.82, 2.24) is 0 Å². The molecule has 0 saturated heterocycles. The van der Waals surface area contributed by atoms with E-state index in [0.29, 0.717) is 25.1 Å². The van der Waals surface area contributed by atoms with Crippen molar-refractivity contribution in [3.8, 4) is 0 Å². The fourth-order valence-electron chi connectivity index (χ4n) is 1.56. The van der Waals surface area contributed by atoms with E-state index in [2.05, 4.69) is 5.32 Å². The molecule has 5 heteroatoms. The molecule has 1 amide bonds. The molecule has 1 aromatic rings. The summed E-state index contributed by atoms with van der Waals surface area (Å²) in [5.41, 5.74) is 1.18. The summed E-state index contributed by atoms with van der Waals surface area (Å²) in [5, 5.41) is 2.66. The highest BCUT2D eigenvalue weighted by molar-refractivity contribution is 5.84. The standard InChI is InChI=1S/C16H23NO4/c1-5-14(18)20-11-10-12-6-8-13(9-7-12)17-15(19)21-16(2,3)4/h6-9H,5,10-11H2,1-4H3,(H,17,19). The maximum absolute atomic E-state index is 11.6. The van der Waals surface area contributed by atoms with Crippen LogP contribution < -0.4 is 5.32 Å². The highest BCUT2D eigenvalue weighted by atomic mass is 16.6. The number of hydrogen-bond donors (Lipinski definition) is 1. The van der Waals surface area contributed by atoms with Crippen molar-refractivity contribution in [3.05, 3.63) is 29.8 Å². The molecule has 1 rings (SSSR count). The number of esters is 1. The van der Waals surface area contributed by atoms with Crippen molar-refractivity contribution in [1.29, 1.82) is 0 Å². The third-order valence-corrected chi connectivity index (χ3v) is 2.54. The van der Waals surface area contributed by atoms with Crippen LogP contribution in [0.25, 0.3) is 0 Å². The third-order valence-electron chi connectivity index (χ3n) is 2.54. The molecule has 0 radical (unpaired) electrons. The van der Waals surface area contributed by atoms with Gasteiger partial charge in [-0.15, -0.1) is 0 Å². The maximum Gasteiger partial charge on any atom is 0.412 e. The van der Waals surface area contributed by atoms with Gasteiger partial charge in [-0.05, 0) is 38.5 Å². The molecule has 0 aliphatic heterocycles. The first-order valence-corrected chi connectivity index (χ1v) is 7.04. The summed E-state index contributed by atoms with van der Waals surface area (Å²) in [6.45, 7) is 7.57. The molecule has 1 N–H and O–H groups in total. The Morgan fingerprint density at radius 2 is 1.76 bits per heavy atom. The minimum atomic E-state index is -0.521. The van der Waals surface area contributed by atoms with E-state index in [1.807, 2.05) is 32.9 Å². The van der Waals surface area contributed by atoms with Crippen molar-refractivity contribution in [3.63, 3.8) is 0 Å². The second kappa shape index (κ2) is 7.67. The first-order chi connectivity index (χ1) is 9.80. The van der Waals surface area contributed by atoms with Crippen molar-refractivity contribution in [2.45, 2.75) is 46.1 Å². The number of ether oxygens (including phenoxy) is 2. The first-order valence-electron chi connectivity index (χ1n) is 7.04. The molecule has 0 bridgehead atoms. The predicted octanol–water partition coefficient (Wildman–Crippen LogP) is 3.53. The van der Waals surface area contributed by atoms with Gasteiger partial charge in [-0.25, -0.2) is 4.79 Å². The maximum atomic E-state index is 11.6. The molecule has 0 aliphatic rings. The van der Waals surface area contributed by atoms with Crippen LogP contribution in [0.5, 0.6) is 0 Å². The fraction of sp³-hybridized carbons (Fsp3) is 0.500. The van der Waals surface area contributed by atoms with Crippen LogP contribution in [0.1, 0.15) is 39.7 Å². The molecule has 0 fully saturated rings. The Bertz CT molecular complexity index is 474. The quantitative estimate of drug-likeness (QED) is 0.843. The Hall–Kier alpha value is -2.04. The van der Waals surface area contributed by atoms with Crippen LogP contribution in [0.15, 0.2) is 24.3 Å². The zero-order valence-electron chi connectivity index (χ0n) is 13.1. The van der Waals surface area contributed by atoms with Crippen LogP contribution in [-0.2, 0) is 20.7 Å². The van der Waals surface area contributed by atoms with Crippen LogP contribution in [0.2, 0.25) is 0 Å². The molecular weight excluding hydrogens is 270 g/mol. The minimum Gasteiger partial charge on any atom is -0.465 e. The van der Waals surface area contributed by atoms with E-state index in [4.69, 9.17) is 9.47 Å². The summed E-state index contributed by atoms with van der Waals surface area (Å²) in [6.07, 6.45) is 0.559. The second-order valence-corrected chi connectivity index (χ2v) is 5.65. The Labute approximate surface area is 125 Å². The normalized spacial score (nSPS) is 10.9. The van der Waals surface area contributed by atoms with Gasteiger partial charge < -0.3 is 9.47 Å². The van der Waals surface area contributed by atoms with Gasteiger partial charge in [-0.2, -0.15) is 0 Å². The van der Waals surface area contributed by atoms with E-state index in [9.17, 15) is 9.59 Å². The van der Waals surface area contributed by atoms with Crippen LogP contribution in [-0.4, -0.2) is 24.3 Å². The summed E-state index contributed by atoms with van der Waals surface area (Å²) in [4.78, 5) is 22.6. The zero-order valence-corrected chi connectivity index (χ0v) is 13.1. The molecule has 0 heterocycles. The fourth-order valence-corrected chi connectivity index (χ4v) is 1.56. The Kier molecular flexibility index (Phi) is 6.21. The number of carbonyl (C=O) groups is 2. The molecular formula is C16H23NO4. The summed E-state index contributed by atoms with van der Waals surface area (Å²) < 4.78 is 10.2. The van der Waals surface area contributed by atoms with Crippen LogP contribution in [0.4, 0.5) is 10.5 Å². The van der Waals surface area contributed by atoms with E-state index in [1.54, 1.807) is 19.1 Å². The van der Waals surface area contributed by atoms with Crippen LogP contribution in [0.3, 0.4) is 0 Å². The third kappa shape index (κ3) is 7.34. The van der Waals surface area contributed by atoms with Gasteiger partial charge in [0, 0.05) is 18.5 Å². The molecule has 0 aromatic heterocycles. The molecule has 0 unspecified atom stereocenters. The number of hydrogen-bond acceptors (Lipinski definition) is 4. The minimum absolute atomic E-state index is 0.196. The zero-order chi connectivity index (χ0) is 15.9. The van der Waals surface area contributed by atoms with Gasteiger partial charge in [0.1, 0.15) is 5.60 Å². The largest absolute Gasteiger partial charge is 0.465 e. The second-order valence-electron chi connectivity index (χ2n) is 5.65. The van der Waals surface area contributed by atoms with Gasteiger partial charge in [0.05, 0.1) is 6.61 Å². The monoisotopic (exact) mass is 293 g/mol. The van der Waals surface area contributed by atoms with Gasteiger partial charge in [-0.1, -0.05) is 19.1 Å². The summed E-state index contributed by atoms with van der Waals surface area (Å²) in [6, 6.07) is 7.35. The van der Waals surface area contributed by atoms with Crippen LogP contribution in [0, 0.1) is 0 Å². The van der Waals surface area contributed by atoms with Gasteiger partial charge in [0.25, 0.3) is 0 Å². The summed E-state index contributed by atoms with van der Waals surface area (Å²) in [7, 11) is 0. The molecule has 1 aromatic carbocycles. The number of nitrogens with one attached hydrogen (secondary N) is 1. The van der Waals surface area contributed by atoms with Gasteiger partial charge in [0.15, 0.2) is 0 Å². The number of carbonyl (C=O) groups excluding carboxylic acids is 2. The number of amides is 1. The average Bonchev–Trinajstić information content (AvgIpc) is 2.38. The molecule has 21 heavy (non-hydrogen) atoms. The average molecular weight is 293 g/mol. The van der Waals surface area contributed by atoms with E-state index in [1.165, 1.54) is 0 Å². The lowest BCUT2D eigenvalue weighted by Crippen LogP contribution is -2.27. The molecule has 116 valence electrons. The van der Waals surface area contributed by atoms with Gasteiger partial charge in [0.2, 0.25) is 0 Å². The summed E-state index contributed by atoms with van der Waals surface area (Å²) >= 11 is 0. The Balaban J connectivity index is 2.43. The van der Waals surface area contributed by atoms with Gasteiger partial charge in [-0.3, -0.25) is 10.1 Å². The molecule has 0 saturated carbocycles. The van der Waals surface area contributed by atoms with Crippen molar-refractivity contribution in [2.75, 3.05) is 11.9 Å². The van der Waals surface area contributed by atoms with Gasteiger partial charge >= 0.3 is 12.1 Å². The van der Waals surface area contributed by atoms with E-state index >= 15 is 0 Å². The molecule has 0 spiro atoms. The SMILES string of the molecule is CCC(=O)OCCc1ccc(NC(=O)OC(C)(C)C)cc1. The highest BCUT2D eigenvalue weighted by Crippen LogP contribution is 2.13. The lowest BCUT2D eigenvalue weighted by atomic mass is 10.1. The van der Waals surface area contributed by atoms with E-state index < -0.39 is 11.7 Å². The van der Waals surface area contributed by atoms with Crippen LogP contribution >= 0.6 is 0 Å².